The number of hydrogen-bond acceptors (Lipinski definition) is 4. The van der Waals surface area contributed by atoms with Crippen LogP contribution in [-0.4, -0.2) is 32.3 Å². The number of aromatic nitrogens is 3. The summed E-state index contributed by atoms with van der Waals surface area (Å²) < 4.78 is 0. The standard InChI is InChI=1S/C19H16N4O/c24-19(15-6-9-20-10-7-15)23-11-8-17-16(13-23)12-21-18(22-17)14-4-2-1-3-5-14/h1-7,9-10,12H,8,11,13H2. The predicted octanol–water partition coefficient (Wildman–Crippen LogP) is 2.74. The van der Waals surface area contributed by atoms with Gasteiger partial charge in [-0.05, 0) is 12.1 Å². The van der Waals surface area contributed by atoms with E-state index in [4.69, 9.17) is 4.98 Å². The molecule has 0 radical (unpaired) electrons. The fourth-order valence-corrected chi connectivity index (χ4v) is 2.89. The van der Waals surface area contributed by atoms with Gasteiger partial charge in [0, 0.05) is 54.8 Å². The molecular formula is C19H16N4O. The van der Waals surface area contributed by atoms with Gasteiger partial charge in [-0.2, -0.15) is 0 Å². The highest BCUT2D eigenvalue weighted by molar-refractivity contribution is 5.94. The van der Waals surface area contributed by atoms with Gasteiger partial charge in [-0.15, -0.1) is 0 Å². The van der Waals surface area contributed by atoms with E-state index in [0.717, 1.165) is 29.1 Å². The van der Waals surface area contributed by atoms with E-state index in [1.54, 1.807) is 24.5 Å². The number of fused-ring (bicyclic) bond motifs is 1. The topological polar surface area (TPSA) is 59.0 Å². The highest BCUT2D eigenvalue weighted by Gasteiger charge is 2.23. The van der Waals surface area contributed by atoms with Gasteiger partial charge in [0.05, 0.1) is 5.69 Å². The fraction of sp³-hybridized carbons (Fsp3) is 0.158. The molecule has 0 spiro atoms. The first kappa shape index (κ1) is 14.5. The summed E-state index contributed by atoms with van der Waals surface area (Å²) in [6.45, 7) is 1.21. The fourth-order valence-electron chi connectivity index (χ4n) is 2.89. The Hall–Kier alpha value is -3.08. The van der Waals surface area contributed by atoms with Crippen molar-refractivity contribution in [3.8, 4) is 11.4 Å². The highest BCUT2D eigenvalue weighted by atomic mass is 16.2. The molecule has 118 valence electrons. The van der Waals surface area contributed by atoms with Crippen LogP contribution in [0.2, 0.25) is 0 Å². The normalized spacial score (nSPS) is 13.4. The van der Waals surface area contributed by atoms with Crippen LogP contribution in [0.25, 0.3) is 11.4 Å². The minimum atomic E-state index is 0.0233. The summed E-state index contributed by atoms with van der Waals surface area (Å²) in [6.07, 6.45) is 5.87. The van der Waals surface area contributed by atoms with Gasteiger partial charge in [0.25, 0.3) is 5.91 Å². The van der Waals surface area contributed by atoms with Gasteiger partial charge in [0.1, 0.15) is 0 Å². The highest BCUT2D eigenvalue weighted by Crippen LogP contribution is 2.21. The number of nitrogens with zero attached hydrogens (tertiary/aromatic N) is 4. The quantitative estimate of drug-likeness (QED) is 0.729. The zero-order valence-corrected chi connectivity index (χ0v) is 13.1. The molecule has 24 heavy (non-hydrogen) atoms. The number of carbonyl (C=O) groups excluding carboxylic acids is 1. The smallest absolute Gasteiger partial charge is 0.254 e. The lowest BCUT2D eigenvalue weighted by Crippen LogP contribution is -2.36. The molecule has 0 aliphatic carbocycles. The van der Waals surface area contributed by atoms with Gasteiger partial charge < -0.3 is 4.90 Å². The summed E-state index contributed by atoms with van der Waals surface area (Å²) in [6, 6.07) is 13.4. The Morgan fingerprint density at radius 3 is 2.62 bits per heavy atom. The second-order valence-corrected chi connectivity index (χ2v) is 5.74. The first-order chi connectivity index (χ1) is 11.8. The van der Waals surface area contributed by atoms with Crippen LogP contribution in [0.4, 0.5) is 0 Å². The van der Waals surface area contributed by atoms with Gasteiger partial charge in [0.2, 0.25) is 0 Å². The summed E-state index contributed by atoms with van der Waals surface area (Å²) in [5, 5.41) is 0. The molecule has 4 rings (SSSR count). The Morgan fingerprint density at radius 1 is 1.04 bits per heavy atom. The Balaban J connectivity index is 1.57. The maximum atomic E-state index is 12.6. The Kier molecular flexibility index (Phi) is 3.75. The van der Waals surface area contributed by atoms with Crippen LogP contribution in [0.15, 0.2) is 61.1 Å². The van der Waals surface area contributed by atoms with E-state index in [-0.39, 0.29) is 5.91 Å². The molecule has 0 fully saturated rings. The average Bonchev–Trinajstić information content (AvgIpc) is 2.68. The molecule has 3 heterocycles. The molecule has 5 heteroatoms. The second-order valence-electron chi connectivity index (χ2n) is 5.74. The second kappa shape index (κ2) is 6.20. The third kappa shape index (κ3) is 2.76. The van der Waals surface area contributed by atoms with Gasteiger partial charge in [0.15, 0.2) is 5.82 Å². The SMILES string of the molecule is O=C(c1ccncc1)N1CCc2nc(-c3ccccc3)ncc2C1. The number of benzene rings is 1. The van der Waals surface area contributed by atoms with Crippen molar-refractivity contribution in [1.82, 2.24) is 19.9 Å². The van der Waals surface area contributed by atoms with E-state index in [1.807, 2.05) is 41.4 Å². The number of pyridine rings is 1. The van der Waals surface area contributed by atoms with Crippen LogP contribution in [-0.2, 0) is 13.0 Å². The molecule has 1 aromatic carbocycles. The van der Waals surface area contributed by atoms with Crippen molar-refractivity contribution in [2.24, 2.45) is 0 Å². The molecule has 0 unspecified atom stereocenters. The van der Waals surface area contributed by atoms with Crippen molar-refractivity contribution in [2.45, 2.75) is 13.0 Å². The van der Waals surface area contributed by atoms with Crippen molar-refractivity contribution in [1.29, 1.82) is 0 Å². The summed E-state index contributed by atoms with van der Waals surface area (Å²) in [7, 11) is 0. The zero-order valence-electron chi connectivity index (χ0n) is 13.1. The number of hydrogen-bond donors (Lipinski definition) is 0. The lowest BCUT2D eigenvalue weighted by molar-refractivity contribution is 0.0733. The van der Waals surface area contributed by atoms with Crippen molar-refractivity contribution >= 4 is 5.91 Å². The zero-order chi connectivity index (χ0) is 16.4. The van der Waals surface area contributed by atoms with Crippen LogP contribution in [0.3, 0.4) is 0 Å². The molecule has 0 atom stereocenters. The van der Waals surface area contributed by atoms with Crippen molar-refractivity contribution in [2.75, 3.05) is 6.54 Å². The van der Waals surface area contributed by atoms with Crippen LogP contribution >= 0.6 is 0 Å². The van der Waals surface area contributed by atoms with E-state index in [9.17, 15) is 4.79 Å². The molecule has 5 nitrogen and oxygen atoms in total. The molecule has 0 saturated carbocycles. The first-order valence-electron chi connectivity index (χ1n) is 7.91. The summed E-state index contributed by atoms with van der Waals surface area (Å²) in [5.41, 5.74) is 3.72. The van der Waals surface area contributed by atoms with E-state index in [0.29, 0.717) is 18.7 Å². The van der Waals surface area contributed by atoms with E-state index < -0.39 is 0 Å². The molecule has 0 N–H and O–H groups in total. The predicted molar refractivity (Wildman–Crippen MR) is 90.1 cm³/mol. The number of amides is 1. The lowest BCUT2D eigenvalue weighted by atomic mass is 10.1. The molecule has 1 aliphatic heterocycles. The molecule has 0 bridgehead atoms. The van der Waals surface area contributed by atoms with Crippen molar-refractivity contribution in [3.63, 3.8) is 0 Å². The third-order valence-electron chi connectivity index (χ3n) is 4.18. The van der Waals surface area contributed by atoms with Crippen LogP contribution in [0.5, 0.6) is 0 Å². The largest absolute Gasteiger partial charge is 0.334 e. The molecule has 0 saturated heterocycles. The van der Waals surface area contributed by atoms with Gasteiger partial charge in [-0.3, -0.25) is 9.78 Å². The molecule has 2 aromatic heterocycles. The number of rotatable bonds is 2. The van der Waals surface area contributed by atoms with Gasteiger partial charge >= 0.3 is 0 Å². The maximum Gasteiger partial charge on any atom is 0.254 e. The molecular weight excluding hydrogens is 300 g/mol. The maximum absolute atomic E-state index is 12.6. The summed E-state index contributed by atoms with van der Waals surface area (Å²) >= 11 is 0. The molecule has 1 amide bonds. The third-order valence-corrected chi connectivity index (χ3v) is 4.18. The minimum Gasteiger partial charge on any atom is -0.334 e. The summed E-state index contributed by atoms with van der Waals surface area (Å²) in [5.74, 6) is 0.762. The van der Waals surface area contributed by atoms with Crippen LogP contribution < -0.4 is 0 Å². The molecule has 1 aliphatic rings. The van der Waals surface area contributed by atoms with Gasteiger partial charge in [-0.25, -0.2) is 9.97 Å². The van der Waals surface area contributed by atoms with Gasteiger partial charge in [-0.1, -0.05) is 30.3 Å². The Morgan fingerprint density at radius 2 is 1.83 bits per heavy atom. The monoisotopic (exact) mass is 316 g/mol. The minimum absolute atomic E-state index is 0.0233. The van der Waals surface area contributed by atoms with E-state index >= 15 is 0 Å². The van der Waals surface area contributed by atoms with Crippen molar-refractivity contribution in [3.05, 3.63) is 77.9 Å². The van der Waals surface area contributed by atoms with Crippen LogP contribution in [0, 0.1) is 0 Å². The van der Waals surface area contributed by atoms with E-state index in [1.165, 1.54) is 0 Å². The Labute approximate surface area is 140 Å². The van der Waals surface area contributed by atoms with Crippen molar-refractivity contribution < 1.29 is 4.79 Å². The number of carbonyl (C=O) groups is 1. The molecule has 3 aromatic rings. The first-order valence-corrected chi connectivity index (χ1v) is 7.91. The Bertz CT molecular complexity index is 865. The average molecular weight is 316 g/mol. The van der Waals surface area contributed by atoms with E-state index in [2.05, 4.69) is 9.97 Å². The summed E-state index contributed by atoms with van der Waals surface area (Å²) in [4.78, 5) is 27.5. The van der Waals surface area contributed by atoms with Crippen LogP contribution in [0.1, 0.15) is 21.6 Å². The lowest BCUT2D eigenvalue weighted by Gasteiger charge is -2.28.